The minimum atomic E-state index is -0.658. The molecular formula is C17H21N3O6. The van der Waals surface area contributed by atoms with E-state index in [-0.39, 0.29) is 6.61 Å². The van der Waals surface area contributed by atoms with E-state index in [0.29, 0.717) is 6.61 Å². The van der Waals surface area contributed by atoms with Crippen molar-refractivity contribution < 1.29 is 28.5 Å². The molecule has 0 bridgehead atoms. The van der Waals surface area contributed by atoms with Crippen LogP contribution in [0.5, 0.6) is 0 Å². The third kappa shape index (κ3) is 3.98. The number of carbonyl (C=O) groups is 1. The molecule has 0 saturated carbocycles. The number of esters is 1. The van der Waals surface area contributed by atoms with Crippen LogP contribution in [0.15, 0.2) is 35.4 Å². The molecule has 1 aromatic rings. The molecule has 6 atom stereocenters. The predicted molar refractivity (Wildman–Crippen MR) is 89.0 cm³/mol. The molecule has 9 heteroatoms. The van der Waals surface area contributed by atoms with Crippen LogP contribution in [0.2, 0.25) is 0 Å². The SMILES string of the molecule is COC(=O)CO[C@@H]1C(N=[N+]=[N-])C(C)OC2COC(c3ccccc3)O[C@@H]21. The highest BCUT2D eigenvalue weighted by atomic mass is 16.7. The summed E-state index contributed by atoms with van der Waals surface area (Å²) in [7, 11) is 1.28. The van der Waals surface area contributed by atoms with Crippen molar-refractivity contribution in [2.24, 2.45) is 5.11 Å². The van der Waals surface area contributed by atoms with Crippen molar-refractivity contribution in [3.63, 3.8) is 0 Å². The molecule has 0 aromatic heterocycles. The van der Waals surface area contributed by atoms with Gasteiger partial charge in [0.2, 0.25) is 0 Å². The first-order valence-corrected chi connectivity index (χ1v) is 8.34. The Labute approximate surface area is 150 Å². The number of hydrogen-bond acceptors (Lipinski definition) is 7. The van der Waals surface area contributed by atoms with Crippen molar-refractivity contribution in [3.8, 4) is 0 Å². The van der Waals surface area contributed by atoms with Gasteiger partial charge in [-0.1, -0.05) is 35.4 Å². The molecule has 1 aromatic carbocycles. The number of carbonyl (C=O) groups excluding carboxylic acids is 1. The molecule has 0 radical (unpaired) electrons. The average molecular weight is 363 g/mol. The molecule has 26 heavy (non-hydrogen) atoms. The molecule has 0 N–H and O–H groups in total. The van der Waals surface area contributed by atoms with Crippen molar-refractivity contribution in [3.05, 3.63) is 46.3 Å². The zero-order valence-electron chi connectivity index (χ0n) is 14.6. The Morgan fingerprint density at radius 2 is 2.12 bits per heavy atom. The van der Waals surface area contributed by atoms with Crippen LogP contribution >= 0.6 is 0 Å². The van der Waals surface area contributed by atoms with Gasteiger partial charge >= 0.3 is 5.97 Å². The Kier molecular flexibility index (Phi) is 6.08. The lowest BCUT2D eigenvalue weighted by Crippen LogP contribution is -2.61. The molecular weight excluding hydrogens is 342 g/mol. The first-order chi connectivity index (χ1) is 12.6. The minimum Gasteiger partial charge on any atom is -0.467 e. The molecule has 2 saturated heterocycles. The van der Waals surface area contributed by atoms with Crippen molar-refractivity contribution in [2.45, 2.75) is 43.7 Å². The van der Waals surface area contributed by atoms with Crippen LogP contribution in [0.3, 0.4) is 0 Å². The van der Waals surface area contributed by atoms with Gasteiger partial charge in [-0.2, -0.15) is 0 Å². The quantitative estimate of drug-likeness (QED) is 0.343. The molecule has 2 aliphatic rings. The highest BCUT2D eigenvalue weighted by Gasteiger charge is 2.49. The maximum atomic E-state index is 11.5. The third-order valence-corrected chi connectivity index (χ3v) is 4.47. The van der Waals surface area contributed by atoms with Crippen LogP contribution in [0.4, 0.5) is 0 Å². The molecule has 2 fully saturated rings. The second-order valence-corrected chi connectivity index (χ2v) is 6.10. The van der Waals surface area contributed by atoms with Gasteiger partial charge in [0.15, 0.2) is 6.29 Å². The molecule has 4 unspecified atom stereocenters. The fraction of sp³-hybridized carbons (Fsp3) is 0.588. The highest BCUT2D eigenvalue weighted by molar-refractivity contribution is 5.70. The van der Waals surface area contributed by atoms with Crippen molar-refractivity contribution in [1.82, 2.24) is 0 Å². The van der Waals surface area contributed by atoms with E-state index in [1.54, 1.807) is 6.92 Å². The summed E-state index contributed by atoms with van der Waals surface area (Å²) in [4.78, 5) is 14.4. The number of nitrogens with zero attached hydrogens (tertiary/aromatic N) is 3. The van der Waals surface area contributed by atoms with E-state index in [1.807, 2.05) is 30.3 Å². The molecule has 2 heterocycles. The largest absolute Gasteiger partial charge is 0.467 e. The molecule has 2 aliphatic heterocycles. The van der Waals surface area contributed by atoms with Gasteiger partial charge in [-0.15, -0.1) is 0 Å². The normalized spacial score (nSPS) is 33.6. The van der Waals surface area contributed by atoms with E-state index in [1.165, 1.54) is 7.11 Å². The van der Waals surface area contributed by atoms with Gasteiger partial charge < -0.3 is 23.7 Å². The summed E-state index contributed by atoms with van der Waals surface area (Å²) in [5, 5.41) is 3.80. The van der Waals surface area contributed by atoms with E-state index >= 15 is 0 Å². The minimum absolute atomic E-state index is 0.269. The lowest BCUT2D eigenvalue weighted by molar-refractivity contribution is -0.316. The molecule has 9 nitrogen and oxygen atoms in total. The smallest absolute Gasteiger partial charge is 0.331 e. The summed E-state index contributed by atoms with van der Waals surface area (Å²) < 4.78 is 28.1. The van der Waals surface area contributed by atoms with Crippen molar-refractivity contribution in [1.29, 1.82) is 0 Å². The van der Waals surface area contributed by atoms with Gasteiger partial charge in [0.1, 0.15) is 18.8 Å². The molecule has 0 spiro atoms. The Morgan fingerprint density at radius 1 is 1.35 bits per heavy atom. The summed E-state index contributed by atoms with van der Waals surface area (Å²) >= 11 is 0. The lowest BCUT2D eigenvalue weighted by atomic mass is 9.93. The fourth-order valence-electron chi connectivity index (χ4n) is 3.19. The van der Waals surface area contributed by atoms with Crippen LogP contribution in [0, 0.1) is 0 Å². The van der Waals surface area contributed by atoms with Crippen LogP contribution in [-0.2, 0) is 28.5 Å². The Balaban J connectivity index is 1.81. The number of methoxy groups -OCH3 is 1. The standard InChI is InChI=1S/C17H21N3O6/c1-10-14(19-20-18)16(23-9-13(21)22-2)15-12(25-10)8-24-17(26-15)11-6-4-3-5-7-11/h3-7,10,12,14-17H,8-9H2,1-2H3/t10?,12?,14?,15-,16+,17?/m0/s1. The number of benzene rings is 1. The van der Waals surface area contributed by atoms with Gasteiger partial charge in [-0.3, -0.25) is 0 Å². The number of azide groups is 1. The van der Waals surface area contributed by atoms with E-state index in [0.717, 1.165) is 5.56 Å². The van der Waals surface area contributed by atoms with Crippen LogP contribution in [0.25, 0.3) is 10.4 Å². The monoisotopic (exact) mass is 363 g/mol. The first kappa shape index (κ1) is 18.6. The Bertz CT molecular complexity index is 666. The highest BCUT2D eigenvalue weighted by Crippen LogP contribution is 2.36. The second-order valence-electron chi connectivity index (χ2n) is 6.10. The molecule has 0 aliphatic carbocycles. The van der Waals surface area contributed by atoms with Crippen LogP contribution in [-0.4, -0.2) is 56.8 Å². The fourth-order valence-corrected chi connectivity index (χ4v) is 3.19. The predicted octanol–water partition coefficient (Wildman–Crippen LogP) is 2.12. The number of hydrogen-bond donors (Lipinski definition) is 0. The van der Waals surface area contributed by atoms with Crippen molar-refractivity contribution in [2.75, 3.05) is 20.3 Å². The zero-order valence-corrected chi connectivity index (χ0v) is 14.6. The molecule has 3 rings (SSSR count). The zero-order chi connectivity index (χ0) is 18.5. The van der Waals surface area contributed by atoms with Crippen molar-refractivity contribution >= 4 is 5.97 Å². The summed E-state index contributed by atoms with van der Waals surface area (Å²) in [5.41, 5.74) is 9.75. The van der Waals surface area contributed by atoms with E-state index < -0.39 is 42.7 Å². The van der Waals surface area contributed by atoms with Gasteiger partial charge in [0.05, 0.1) is 32.0 Å². The average Bonchev–Trinajstić information content (AvgIpc) is 2.68. The topological polar surface area (TPSA) is 112 Å². The maximum absolute atomic E-state index is 11.5. The third-order valence-electron chi connectivity index (χ3n) is 4.47. The summed E-state index contributed by atoms with van der Waals surface area (Å²) in [5.74, 6) is -0.521. The Morgan fingerprint density at radius 3 is 2.81 bits per heavy atom. The van der Waals surface area contributed by atoms with Gasteiger partial charge in [-0.05, 0) is 12.5 Å². The summed E-state index contributed by atoms with van der Waals surface area (Å²) in [6.45, 7) is 1.82. The lowest BCUT2D eigenvalue weighted by Gasteiger charge is -2.47. The van der Waals surface area contributed by atoms with Gasteiger partial charge in [0, 0.05) is 10.5 Å². The number of rotatable bonds is 5. The van der Waals surface area contributed by atoms with Crippen LogP contribution in [0.1, 0.15) is 18.8 Å². The Hall–Kier alpha value is -2.16. The molecule has 140 valence electrons. The molecule has 0 amide bonds. The van der Waals surface area contributed by atoms with E-state index in [9.17, 15) is 4.79 Å². The maximum Gasteiger partial charge on any atom is 0.331 e. The summed E-state index contributed by atoms with van der Waals surface area (Å²) in [6.07, 6.45) is -2.60. The van der Waals surface area contributed by atoms with Gasteiger partial charge in [-0.25, -0.2) is 4.79 Å². The van der Waals surface area contributed by atoms with Crippen LogP contribution < -0.4 is 0 Å². The van der Waals surface area contributed by atoms with E-state index in [2.05, 4.69) is 14.8 Å². The van der Waals surface area contributed by atoms with E-state index in [4.69, 9.17) is 24.5 Å². The summed E-state index contributed by atoms with van der Waals surface area (Å²) in [6, 6.07) is 8.84. The second kappa shape index (κ2) is 8.48. The first-order valence-electron chi connectivity index (χ1n) is 8.34. The number of fused-ring (bicyclic) bond motifs is 1. The number of ether oxygens (including phenoxy) is 5. The van der Waals surface area contributed by atoms with Gasteiger partial charge in [0.25, 0.3) is 0 Å².